The van der Waals surface area contributed by atoms with Crippen LogP contribution in [-0.4, -0.2) is 22.4 Å². The van der Waals surface area contributed by atoms with E-state index in [1.807, 2.05) is 0 Å². The van der Waals surface area contributed by atoms with Crippen LogP contribution in [-0.2, 0) is 0 Å². The van der Waals surface area contributed by atoms with Gasteiger partial charge in [-0.3, -0.25) is 0 Å². The molecule has 0 aliphatic heterocycles. The third-order valence-corrected chi connectivity index (χ3v) is 8.60. The smallest absolute Gasteiger partial charge is 0.0583 e. The molecule has 3 aliphatic rings. The predicted octanol–water partition coefficient (Wildman–Crippen LogP) is 6.59. The van der Waals surface area contributed by atoms with E-state index in [9.17, 15) is 10.2 Å². The zero-order valence-electron chi connectivity index (χ0n) is 19.3. The van der Waals surface area contributed by atoms with Crippen LogP contribution in [0.4, 0.5) is 0 Å². The van der Waals surface area contributed by atoms with Crippen molar-refractivity contribution in [2.24, 2.45) is 29.1 Å². The van der Waals surface area contributed by atoms with Gasteiger partial charge in [0, 0.05) is 0 Å². The molecule has 0 radical (unpaired) electrons. The first kappa shape index (κ1) is 22.8. The van der Waals surface area contributed by atoms with E-state index in [0.717, 1.165) is 38.0 Å². The maximum Gasteiger partial charge on any atom is 0.0583 e. The minimum Gasteiger partial charge on any atom is -0.393 e. The van der Waals surface area contributed by atoms with Crippen molar-refractivity contribution in [3.8, 4) is 0 Å². The minimum atomic E-state index is -0.195. The quantitative estimate of drug-likeness (QED) is 0.528. The van der Waals surface area contributed by atoms with Gasteiger partial charge in [-0.15, -0.1) is 0 Å². The molecule has 3 fully saturated rings. The highest BCUT2D eigenvalue weighted by Crippen LogP contribution is 2.59. The summed E-state index contributed by atoms with van der Waals surface area (Å²) in [6.45, 7) is 13.4. The Hall–Kier alpha value is -0.860. The van der Waals surface area contributed by atoms with Crippen LogP contribution in [0.5, 0.6) is 0 Å². The lowest BCUT2D eigenvalue weighted by molar-refractivity contribution is 0.0717. The molecular formula is C27H44O2. The molecule has 2 N–H and O–H groups in total. The standard InChI is InChI=1S/C27H44O2/c1-18(2)26(29)15-9-20(4)24-13-14-25-21(7-6-16-27(24,25)5)10-11-22-17-23(28)12-8-19(22)3/h10-11,18,20,23-26,28-29H,3,6-9,12-17H2,1-2,4-5H3/b21-10+,22-11+/t20-,23+,24-,25+,26?,27-/m1/s1. The normalized spacial score (nSPS) is 37.9. The van der Waals surface area contributed by atoms with E-state index in [2.05, 4.69) is 46.4 Å². The molecule has 164 valence electrons. The molecule has 1 unspecified atom stereocenters. The van der Waals surface area contributed by atoms with Gasteiger partial charge in [-0.2, -0.15) is 0 Å². The number of fused-ring (bicyclic) bond motifs is 1. The average Bonchev–Trinajstić information content (AvgIpc) is 3.04. The van der Waals surface area contributed by atoms with Crippen molar-refractivity contribution in [2.75, 3.05) is 0 Å². The Kier molecular flexibility index (Phi) is 7.49. The van der Waals surface area contributed by atoms with Gasteiger partial charge in [0.25, 0.3) is 0 Å². The van der Waals surface area contributed by atoms with Crippen molar-refractivity contribution < 1.29 is 10.2 Å². The Morgan fingerprint density at radius 3 is 2.59 bits per heavy atom. The number of rotatable bonds is 6. The molecular weight excluding hydrogens is 356 g/mol. The number of allylic oxidation sites excluding steroid dienone is 4. The largest absolute Gasteiger partial charge is 0.393 e. The van der Waals surface area contributed by atoms with Gasteiger partial charge in [-0.1, -0.05) is 57.6 Å². The summed E-state index contributed by atoms with van der Waals surface area (Å²) in [6, 6.07) is 0. The lowest BCUT2D eigenvalue weighted by Gasteiger charge is -2.44. The second-order valence-corrected chi connectivity index (χ2v) is 10.9. The van der Waals surface area contributed by atoms with E-state index >= 15 is 0 Å². The Morgan fingerprint density at radius 2 is 1.86 bits per heavy atom. The summed E-state index contributed by atoms with van der Waals surface area (Å²) in [4.78, 5) is 0. The van der Waals surface area contributed by atoms with Gasteiger partial charge >= 0.3 is 0 Å². The Labute approximate surface area is 179 Å². The van der Waals surface area contributed by atoms with Crippen molar-refractivity contribution >= 4 is 0 Å². The molecule has 0 saturated heterocycles. The summed E-state index contributed by atoms with van der Waals surface area (Å²) in [5.74, 6) is 2.52. The Balaban J connectivity index is 1.70. The molecule has 6 atom stereocenters. The van der Waals surface area contributed by atoms with Gasteiger partial charge in [-0.05, 0) is 98.9 Å². The van der Waals surface area contributed by atoms with Crippen LogP contribution in [0.25, 0.3) is 0 Å². The molecule has 3 aliphatic carbocycles. The maximum atomic E-state index is 10.3. The number of hydrogen-bond donors (Lipinski definition) is 2. The zero-order valence-corrected chi connectivity index (χ0v) is 19.3. The topological polar surface area (TPSA) is 40.5 Å². The Bertz CT molecular complexity index is 643. The van der Waals surface area contributed by atoms with Crippen LogP contribution in [0, 0.1) is 29.1 Å². The summed E-state index contributed by atoms with van der Waals surface area (Å²) in [7, 11) is 0. The summed E-state index contributed by atoms with van der Waals surface area (Å²) < 4.78 is 0. The van der Waals surface area contributed by atoms with Crippen LogP contribution >= 0.6 is 0 Å². The van der Waals surface area contributed by atoms with E-state index in [1.165, 1.54) is 43.3 Å². The fraction of sp³-hybridized carbons (Fsp3) is 0.778. The minimum absolute atomic E-state index is 0.158. The molecule has 2 heteroatoms. The van der Waals surface area contributed by atoms with Crippen LogP contribution < -0.4 is 0 Å². The summed E-state index contributed by atoms with van der Waals surface area (Å²) in [6.07, 6.45) is 15.5. The van der Waals surface area contributed by atoms with Crippen LogP contribution in [0.1, 0.15) is 91.9 Å². The third kappa shape index (κ3) is 5.07. The SMILES string of the molecule is C=C1CC[C@H](O)C/C1=C\C=C1/CCC[C@]2(C)[C@@H]([C@H](C)CCC(O)C(C)C)CC[C@@H]12. The molecule has 3 saturated carbocycles. The molecule has 0 spiro atoms. The summed E-state index contributed by atoms with van der Waals surface area (Å²) in [5, 5.41) is 20.3. The van der Waals surface area contributed by atoms with Crippen LogP contribution in [0.2, 0.25) is 0 Å². The first-order chi connectivity index (χ1) is 13.7. The summed E-state index contributed by atoms with van der Waals surface area (Å²) in [5.41, 5.74) is 4.52. The first-order valence-corrected chi connectivity index (χ1v) is 12.2. The highest BCUT2D eigenvalue weighted by atomic mass is 16.3. The molecule has 0 bridgehead atoms. The fourth-order valence-corrected chi connectivity index (χ4v) is 6.58. The van der Waals surface area contributed by atoms with Gasteiger partial charge in [0.05, 0.1) is 12.2 Å². The highest BCUT2D eigenvalue weighted by Gasteiger charge is 2.50. The van der Waals surface area contributed by atoms with Gasteiger partial charge < -0.3 is 10.2 Å². The van der Waals surface area contributed by atoms with E-state index < -0.39 is 0 Å². The lowest BCUT2D eigenvalue weighted by Crippen LogP contribution is -2.36. The van der Waals surface area contributed by atoms with E-state index in [-0.39, 0.29) is 12.2 Å². The van der Waals surface area contributed by atoms with E-state index in [4.69, 9.17) is 0 Å². The monoisotopic (exact) mass is 400 g/mol. The first-order valence-electron chi connectivity index (χ1n) is 12.2. The second-order valence-electron chi connectivity index (χ2n) is 10.9. The van der Waals surface area contributed by atoms with E-state index in [1.54, 1.807) is 5.57 Å². The molecule has 0 aromatic rings. The highest BCUT2D eigenvalue weighted by molar-refractivity contribution is 5.36. The van der Waals surface area contributed by atoms with Crippen molar-refractivity contribution in [1.82, 2.24) is 0 Å². The predicted molar refractivity (Wildman–Crippen MR) is 123 cm³/mol. The number of aliphatic hydroxyl groups excluding tert-OH is 2. The summed E-state index contributed by atoms with van der Waals surface area (Å²) >= 11 is 0. The molecule has 0 amide bonds. The van der Waals surface area contributed by atoms with Gasteiger partial charge in [0.2, 0.25) is 0 Å². The second kappa shape index (κ2) is 9.52. The van der Waals surface area contributed by atoms with Crippen molar-refractivity contribution in [1.29, 1.82) is 0 Å². The molecule has 0 aromatic heterocycles. The van der Waals surface area contributed by atoms with E-state index in [0.29, 0.717) is 23.2 Å². The molecule has 0 aromatic carbocycles. The maximum absolute atomic E-state index is 10.3. The lowest BCUT2D eigenvalue weighted by atomic mass is 9.60. The van der Waals surface area contributed by atoms with Gasteiger partial charge in [-0.25, -0.2) is 0 Å². The fourth-order valence-electron chi connectivity index (χ4n) is 6.58. The van der Waals surface area contributed by atoms with Gasteiger partial charge in [0.15, 0.2) is 0 Å². The number of hydrogen-bond acceptors (Lipinski definition) is 2. The molecule has 29 heavy (non-hydrogen) atoms. The molecule has 3 rings (SSSR count). The van der Waals surface area contributed by atoms with Crippen LogP contribution in [0.3, 0.4) is 0 Å². The van der Waals surface area contributed by atoms with Crippen molar-refractivity contribution in [3.05, 3.63) is 35.5 Å². The number of aliphatic hydroxyl groups is 2. The van der Waals surface area contributed by atoms with Crippen LogP contribution in [0.15, 0.2) is 35.5 Å². The van der Waals surface area contributed by atoms with Crippen molar-refractivity contribution in [3.63, 3.8) is 0 Å². The Morgan fingerprint density at radius 1 is 1.10 bits per heavy atom. The average molecular weight is 401 g/mol. The van der Waals surface area contributed by atoms with Gasteiger partial charge in [0.1, 0.15) is 0 Å². The zero-order chi connectivity index (χ0) is 21.2. The molecule has 0 heterocycles. The molecule has 2 nitrogen and oxygen atoms in total. The third-order valence-electron chi connectivity index (χ3n) is 8.60. The van der Waals surface area contributed by atoms with Crippen molar-refractivity contribution in [2.45, 2.75) is 104 Å².